The molecule has 1 unspecified atom stereocenters. The first-order chi connectivity index (χ1) is 9.51. The molecule has 1 N–H and O–H groups in total. The van der Waals surface area contributed by atoms with Crippen LogP contribution < -0.4 is 0 Å². The van der Waals surface area contributed by atoms with Crippen LogP contribution in [-0.4, -0.2) is 28.9 Å². The SMILES string of the molecule is CCC1CCCN(Cc2cc(F)cc(C(C)=O)c2O)C1. The first kappa shape index (κ1) is 15.0. The van der Waals surface area contributed by atoms with Crippen LogP contribution in [0.3, 0.4) is 0 Å². The van der Waals surface area contributed by atoms with Crippen LogP contribution in [0.1, 0.15) is 49.0 Å². The standard InChI is InChI=1S/C16H22FNO2/c1-3-12-5-4-6-18(9-12)10-13-7-14(17)8-15(11(2)19)16(13)20/h7-8,12,20H,3-6,9-10H2,1-2H3. The molecular formula is C16H22FNO2. The smallest absolute Gasteiger partial charge is 0.163 e. The molecule has 1 fully saturated rings. The molecule has 0 bridgehead atoms. The van der Waals surface area contributed by atoms with Crippen LogP contribution >= 0.6 is 0 Å². The minimum atomic E-state index is -0.466. The van der Waals surface area contributed by atoms with Gasteiger partial charge in [0, 0.05) is 18.7 Å². The van der Waals surface area contributed by atoms with Crippen molar-refractivity contribution in [3.63, 3.8) is 0 Å². The Morgan fingerprint density at radius 1 is 1.50 bits per heavy atom. The molecule has 20 heavy (non-hydrogen) atoms. The maximum absolute atomic E-state index is 13.6. The Bertz CT molecular complexity index is 501. The zero-order chi connectivity index (χ0) is 14.7. The van der Waals surface area contributed by atoms with Gasteiger partial charge in [-0.05, 0) is 44.4 Å². The van der Waals surface area contributed by atoms with Gasteiger partial charge in [0.2, 0.25) is 0 Å². The number of phenols is 1. The second-order valence-corrected chi connectivity index (χ2v) is 5.67. The molecule has 1 heterocycles. The Hall–Kier alpha value is -1.42. The maximum Gasteiger partial charge on any atom is 0.163 e. The third-order valence-corrected chi connectivity index (χ3v) is 4.11. The number of rotatable bonds is 4. The zero-order valence-corrected chi connectivity index (χ0v) is 12.2. The van der Waals surface area contributed by atoms with E-state index in [1.54, 1.807) is 0 Å². The van der Waals surface area contributed by atoms with Gasteiger partial charge >= 0.3 is 0 Å². The number of carbonyl (C=O) groups excluding carboxylic acids is 1. The van der Waals surface area contributed by atoms with Crippen LogP contribution in [0.4, 0.5) is 4.39 Å². The molecular weight excluding hydrogens is 257 g/mol. The lowest BCUT2D eigenvalue weighted by Crippen LogP contribution is -2.34. The Labute approximate surface area is 119 Å². The number of Topliss-reactive ketones (excluding diaryl/α,β-unsaturated/α-hetero) is 1. The molecule has 0 aliphatic carbocycles. The fraction of sp³-hybridized carbons (Fsp3) is 0.562. The molecule has 1 aliphatic heterocycles. The highest BCUT2D eigenvalue weighted by atomic mass is 19.1. The number of nitrogens with zero attached hydrogens (tertiary/aromatic N) is 1. The second kappa shape index (κ2) is 6.35. The molecule has 110 valence electrons. The van der Waals surface area contributed by atoms with Crippen LogP contribution in [0.25, 0.3) is 0 Å². The van der Waals surface area contributed by atoms with E-state index >= 15 is 0 Å². The molecule has 1 aromatic rings. The largest absolute Gasteiger partial charge is 0.507 e. The first-order valence-electron chi connectivity index (χ1n) is 7.26. The summed E-state index contributed by atoms with van der Waals surface area (Å²) >= 11 is 0. The van der Waals surface area contributed by atoms with Crippen molar-refractivity contribution in [2.45, 2.75) is 39.7 Å². The highest BCUT2D eigenvalue weighted by molar-refractivity contribution is 5.97. The summed E-state index contributed by atoms with van der Waals surface area (Å²) in [6.45, 7) is 5.96. The summed E-state index contributed by atoms with van der Waals surface area (Å²) in [4.78, 5) is 13.7. The third-order valence-electron chi connectivity index (χ3n) is 4.11. The molecule has 1 atom stereocenters. The number of piperidine rings is 1. The molecule has 0 amide bonds. The van der Waals surface area contributed by atoms with Gasteiger partial charge in [0.05, 0.1) is 5.56 Å². The topological polar surface area (TPSA) is 40.5 Å². The molecule has 2 rings (SSSR count). The minimum Gasteiger partial charge on any atom is -0.507 e. The Morgan fingerprint density at radius 2 is 2.25 bits per heavy atom. The Kier molecular flexibility index (Phi) is 4.76. The summed E-state index contributed by atoms with van der Waals surface area (Å²) in [5.74, 6) is -0.176. The number of ketones is 1. The monoisotopic (exact) mass is 279 g/mol. The molecule has 4 heteroatoms. The number of hydrogen-bond donors (Lipinski definition) is 1. The van der Waals surface area contributed by atoms with Crippen molar-refractivity contribution < 1.29 is 14.3 Å². The summed E-state index contributed by atoms with van der Waals surface area (Å²) in [5.41, 5.74) is 0.580. The van der Waals surface area contributed by atoms with E-state index in [1.165, 1.54) is 19.4 Å². The summed E-state index contributed by atoms with van der Waals surface area (Å²) in [6.07, 6.45) is 3.51. The van der Waals surface area contributed by atoms with Crippen LogP contribution in [-0.2, 0) is 6.54 Å². The maximum atomic E-state index is 13.6. The van der Waals surface area contributed by atoms with Crippen molar-refractivity contribution in [3.05, 3.63) is 29.1 Å². The van der Waals surface area contributed by atoms with Gasteiger partial charge in [0.15, 0.2) is 5.78 Å². The van der Waals surface area contributed by atoms with E-state index < -0.39 is 5.82 Å². The normalized spacial score (nSPS) is 20.1. The molecule has 0 spiro atoms. The van der Waals surface area contributed by atoms with Crippen molar-refractivity contribution >= 4 is 5.78 Å². The van der Waals surface area contributed by atoms with Crippen molar-refractivity contribution in [1.82, 2.24) is 4.90 Å². The van der Waals surface area contributed by atoms with Crippen LogP contribution in [0.5, 0.6) is 5.75 Å². The van der Waals surface area contributed by atoms with Crippen LogP contribution in [0.2, 0.25) is 0 Å². The van der Waals surface area contributed by atoms with E-state index in [2.05, 4.69) is 11.8 Å². The van der Waals surface area contributed by atoms with E-state index in [-0.39, 0.29) is 17.1 Å². The van der Waals surface area contributed by atoms with Gasteiger partial charge in [-0.15, -0.1) is 0 Å². The number of hydrogen-bond acceptors (Lipinski definition) is 3. The zero-order valence-electron chi connectivity index (χ0n) is 12.2. The number of likely N-dealkylation sites (tertiary alicyclic amines) is 1. The Morgan fingerprint density at radius 3 is 2.90 bits per heavy atom. The lowest BCUT2D eigenvalue weighted by molar-refractivity contribution is 0.101. The number of phenolic OH excluding ortho intramolecular Hbond substituents is 1. The molecule has 1 saturated heterocycles. The van der Waals surface area contributed by atoms with E-state index in [0.29, 0.717) is 18.0 Å². The molecule has 1 aliphatic rings. The summed E-state index contributed by atoms with van der Waals surface area (Å²) in [7, 11) is 0. The Balaban J connectivity index is 2.18. The molecule has 0 radical (unpaired) electrons. The van der Waals surface area contributed by atoms with E-state index in [1.807, 2.05) is 0 Å². The van der Waals surface area contributed by atoms with Gasteiger partial charge in [0.1, 0.15) is 11.6 Å². The number of aromatic hydroxyl groups is 1. The number of halogens is 1. The molecule has 3 nitrogen and oxygen atoms in total. The van der Waals surface area contributed by atoms with Gasteiger partial charge in [-0.25, -0.2) is 4.39 Å². The van der Waals surface area contributed by atoms with Gasteiger partial charge < -0.3 is 5.11 Å². The van der Waals surface area contributed by atoms with Gasteiger partial charge in [-0.2, -0.15) is 0 Å². The highest BCUT2D eigenvalue weighted by Gasteiger charge is 2.21. The lowest BCUT2D eigenvalue weighted by Gasteiger charge is -2.32. The predicted octanol–water partition coefficient (Wildman–Crippen LogP) is 3.36. The average Bonchev–Trinajstić information content (AvgIpc) is 2.42. The molecule has 1 aromatic carbocycles. The summed E-state index contributed by atoms with van der Waals surface area (Å²) in [5, 5.41) is 10.1. The lowest BCUT2D eigenvalue weighted by atomic mass is 9.95. The van der Waals surface area contributed by atoms with Crippen molar-refractivity contribution in [3.8, 4) is 5.75 Å². The van der Waals surface area contributed by atoms with Crippen molar-refractivity contribution in [2.24, 2.45) is 5.92 Å². The van der Waals surface area contributed by atoms with Gasteiger partial charge in [-0.1, -0.05) is 13.3 Å². The average molecular weight is 279 g/mol. The summed E-state index contributed by atoms with van der Waals surface area (Å²) in [6, 6.07) is 2.43. The van der Waals surface area contributed by atoms with Crippen LogP contribution in [0, 0.1) is 11.7 Å². The summed E-state index contributed by atoms with van der Waals surface area (Å²) < 4.78 is 13.6. The number of benzene rings is 1. The quantitative estimate of drug-likeness (QED) is 0.859. The molecule has 0 saturated carbocycles. The van der Waals surface area contributed by atoms with Crippen LogP contribution in [0.15, 0.2) is 12.1 Å². The van der Waals surface area contributed by atoms with Gasteiger partial charge in [-0.3, -0.25) is 9.69 Å². The fourth-order valence-electron chi connectivity index (χ4n) is 2.91. The minimum absolute atomic E-state index is 0.0717. The van der Waals surface area contributed by atoms with E-state index in [4.69, 9.17) is 0 Å². The van der Waals surface area contributed by atoms with Gasteiger partial charge in [0.25, 0.3) is 0 Å². The van der Waals surface area contributed by atoms with E-state index in [9.17, 15) is 14.3 Å². The van der Waals surface area contributed by atoms with E-state index in [0.717, 1.165) is 32.0 Å². The third kappa shape index (κ3) is 3.37. The second-order valence-electron chi connectivity index (χ2n) is 5.67. The number of carbonyl (C=O) groups is 1. The first-order valence-corrected chi connectivity index (χ1v) is 7.26. The highest BCUT2D eigenvalue weighted by Crippen LogP contribution is 2.28. The fourth-order valence-corrected chi connectivity index (χ4v) is 2.91. The van der Waals surface area contributed by atoms with Crippen molar-refractivity contribution in [2.75, 3.05) is 13.1 Å². The molecule has 0 aromatic heterocycles. The predicted molar refractivity (Wildman–Crippen MR) is 76.4 cm³/mol. The van der Waals surface area contributed by atoms with Crippen molar-refractivity contribution in [1.29, 1.82) is 0 Å².